The Hall–Kier alpha value is -4.79. The van der Waals surface area contributed by atoms with Crippen LogP contribution in [0.1, 0.15) is 44.9 Å². The van der Waals surface area contributed by atoms with Crippen molar-refractivity contribution >= 4 is 41.0 Å². The molecule has 0 bridgehead atoms. The van der Waals surface area contributed by atoms with Crippen LogP contribution >= 0.6 is 0 Å². The number of hydrogen-bond acceptors (Lipinski definition) is 9. The Morgan fingerprint density at radius 2 is 1.56 bits per heavy atom. The number of anilines is 2. The summed E-state index contributed by atoms with van der Waals surface area (Å²) in [6, 6.07) is 40.0. The summed E-state index contributed by atoms with van der Waals surface area (Å²) in [5.41, 5.74) is 3.43. The molecule has 3 aliphatic rings. The molecule has 9 nitrogen and oxygen atoms in total. The predicted octanol–water partition coefficient (Wildman–Crippen LogP) is 5.91. The lowest BCUT2D eigenvalue weighted by atomic mass is 10.0. The van der Waals surface area contributed by atoms with Crippen LogP contribution in [0.3, 0.4) is 0 Å². The van der Waals surface area contributed by atoms with Crippen molar-refractivity contribution in [2.24, 2.45) is 0 Å². The number of ether oxygens (including phenoxy) is 1. The number of rotatable bonds is 10. The summed E-state index contributed by atoms with van der Waals surface area (Å²) in [5.74, 6) is 0.953. The number of nitrogens with zero attached hydrogens (tertiary/aromatic N) is 6. The standard InChI is InChI=1S/C45H53N7O2Si/c1-45(2,3)55(37-16-7-5-8-17-37,38-18-9-6-10-19-38)54-36-28-35(50(4)30-36)32-53-44-48-41-31-51(42-21-13-15-33-14-11-12-20-39(33)42)26-23-40(41)43(49-44)52-27-25-47-34(29-52)22-24-46/h5-21,34-36,47H,22-23,25-32H2,1-4H3/t34-,35+,36-/m0/s1. The zero-order chi connectivity index (χ0) is 38.0. The van der Waals surface area contributed by atoms with Gasteiger partial charge in [0.1, 0.15) is 12.4 Å². The second kappa shape index (κ2) is 15.8. The highest BCUT2D eigenvalue weighted by Crippen LogP contribution is 2.39. The van der Waals surface area contributed by atoms with Gasteiger partial charge < -0.3 is 24.3 Å². The van der Waals surface area contributed by atoms with Gasteiger partial charge in [-0.2, -0.15) is 15.2 Å². The van der Waals surface area contributed by atoms with Gasteiger partial charge >= 0.3 is 6.01 Å². The molecule has 3 atom stereocenters. The zero-order valence-corrected chi connectivity index (χ0v) is 33.6. The van der Waals surface area contributed by atoms with Crippen molar-refractivity contribution in [1.29, 1.82) is 5.26 Å². The molecule has 4 heterocycles. The van der Waals surface area contributed by atoms with Gasteiger partial charge in [0.25, 0.3) is 8.32 Å². The topological polar surface area (TPSA) is 89.8 Å². The molecule has 0 saturated carbocycles. The molecule has 10 heteroatoms. The molecule has 0 aliphatic carbocycles. The highest BCUT2D eigenvalue weighted by Gasteiger charge is 2.52. The average Bonchev–Trinajstić information content (AvgIpc) is 3.56. The van der Waals surface area contributed by atoms with Gasteiger partial charge in [0.2, 0.25) is 0 Å². The highest BCUT2D eigenvalue weighted by molar-refractivity contribution is 6.99. The van der Waals surface area contributed by atoms with E-state index in [1.165, 1.54) is 32.4 Å². The normalized spacial score (nSPS) is 20.7. The minimum Gasteiger partial charge on any atom is -0.462 e. The molecule has 1 N–H and O–H groups in total. The molecule has 2 fully saturated rings. The Bertz CT molecular complexity index is 2090. The van der Waals surface area contributed by atoms with E-state index in [1.807, 2.05) is 0 Å². The van der Waals surface area contributed by atoms with Crippen molar-refractivity contribution in [3.63, 3.8) is 0 Å². The molecule has 3 aliphatic heterocycles. The number of likely N-dealkylation sites (tertiary alicyclic amines) is 1. The number of fused-ring (bicyclic) bond motifs is 2. The van der Waals surface area contributed by atoms with Gasteiger partial charge in [0.15, 0.2) is 0 Å². The summed E-state index contributed by atoms with van der Waals surface area (Å²) in [6.07, 6.45) is 2.22. The van der Waals surface area contributed by atoms with E-state index in [4.69, 9.17) is 19.1 Å². The Balaban J connectivity index is 1.06. The molecule has 1 aromatic heterocycles. The third-order valence-electron chi connectivity index (χ3n) is 11.8. The van der Waals surface area contributed by atoms with Crippen LogP contribution < -0.4 is 30.2 Å². The monoisotopic (exact) mass is 751 g/mol. The van der Waals surface area contributed by atoms with Crippen LogP contribution in [0, 0.1) is 11.3 Å². The van der Waals surface area contributed by atoms with Crippen LogP contribution in [0.4, 0.5) is 11.5 Å². The van der Waals surface area contributed by atoms with Crippen molar-refractivity contribution in [1.82, 2.24) is 20.2 Å². The van der Waals surface area contributed by atoms with Crippen LogP contribution in [0.15, 0.2) is 103 Å². The largest absolute Gasteiger partial charge is 0.462 e. The first-order chi connectivity index (χ1) is 26.7. The third kappa shape index (κ3) is 7.46. The number of likely N-dealkylation sites (N-methyl/N-ethyl adjacent to an activating group) is 1. The molecule has 0 unspecified atom stereocenters. The van der Waals surface area contributed by atoms with E-state index in [2.05, 4.69) is 157 Å². The van der Waals surface area contributed by atoms with E-state index in [0.29, 0.717) is 25.6 Å². The first-order valence-corrected chi connectivity index (χ1v) is 21.7. The molecule has 5 aromatic rings. The van der Waals surface area contributed by atoms with E-state index in [0.717, 1.165) is 57.1 Å². The van der Waals surface area contributed by atoms with E-state index >= 15 is 0 Å². The quantitative estimate of drug-likeness (QED) is 0.175. The third-order valence-corrected chi connectivity index (χ3v) is 16.9. The fraction of sp³-hybridized carbons (Fsp3) is 0.400. The number of benzene rings is 4. The van der Waals surface area contributed by atoms with Crippen molar-refractivity contribution in [3.8, 4) is 12.1 Å². The van der Waals surface area contributed by atoms with E-state index in [-0.39, 0.29) is 23.2 Å². The van der Waals surface area contributed by atoms with Crippen LogP contribution in [-0.4, -0.2) is 87.8 Å². The maximum Gasteiger partial charge on any atom is 0.318 e. The Morgan fingerprint density at radius 3 is 2.29 bits per heavy atom. The number of hydrogen-bond donors (Lipinski definition) is 1. The van der Waals surface area contributed by atoms with Gasteiger partial charge in [-0.15, -0.1) is 0 Å². The number of nitriles is 1. The molecular weight excluding hydrogens is 699 g/mol. The molecule has 4 aromatic carbocycles. The summed E-state index contributed by atoms with van der Waals surface area (Å²) in [4.78, 5) is 17.5. The average molecular weight is 752 g/mol. The van der Waals surface area contributed by atoms with Gasteiger partial charge in [-0.1, -0.05) is 118 Å². The molecule has 0 radical (unpaired) electrons. The van der Waals surface area contributed by atoms with E-state index in [1.54, 1.807) is 0 Å². The van der Waals surface area contributed by atoms with Crippen LogP contribution in [0.25, 0.3) is 10.8 Å². The molecule has 284 valence electrons. The summed E-state index contributed by atoms with van der Waals surface area (Å²) >= 11 is 0. The first-order valence-electron chi connectivity index (χ1n) is 19.8. The van der Waals surface area contributed by atoms with E-state index < -0.39 is 8.32 Å². The smallest absolute Gasteiger partial charge is 0.318 e. The van der Waals surface area contributed by atoms with E-state index in [9.17, 15) is 5.26 Å². The summed E-state index contributed by atoms with van der Waals surface area (Å²) in [5, 5.41) is 18.0. The lowest BCUT2D eigenvalue weighted by Crippen LogP contribution is -2.67. The minimum absolute atomic E-state index is 0.0529. The molecule has 0 spiro atoms. The lowest BCUT2D eigenvalue weighted by molar-refractivity contribution is 0.186. The SMILES string of the molecule is CN1C[C@@H](O[Si](c2ccccc2)(c2ccccc2)C(C)(C)C)C[C@@H]1COc1nc2c(c(N3CCN[C@@H](CC#N)C3)n1)CCN(c1cccc3ccccc13)C2. The lowest BCUT2D eigenvalue weighted by Gasteiger charge is -2.44. The molecule has 8 rings (SSSR count). The van der Waals surface area contributed by atoms with Gasteiger partial charge in [-0.25, -0.2) is 0 Å². The summed E-state index contributed by atoms with van der Waals surface area (Å²) in [6.45, 7) is 12.2. The van der Waals surface area contributed by atoms with Gasteiger partial charge in [-0.3, -0.25) is 4.90 Å². The minimum atomic E-state index is -2.69. The Morgan fingerprint density at radius 1 is 0.855 bits per heavy atom. The molecule has 55 heavy (non-hydrogen) atoms. The van der Waals surface area contributed by atoms with Gasteiger partial charge in [0, 0.05) is 61.4 Å². The highest BCUT2D eigenvalue weighted by atomic mass is 28.4. The second-order valence-electron chi connectivity index (χ2n) is 16.4. The number of aromatic nitrogens is 2. The van der Waals surface area contributed by atoms with Crippen LogP contribution in [0.2, 0.25) is 5.04 Å². The van der Waals surface area contributed by atoms with Crippen molar-refractivity contribution in [2.45, 2.75) is 69.8 Å². The summed E-state index contributed by atoms with van der Waals surface area (Å²) in [7, 11) is -0.514. The van der Waals surface area contributed by atoms with Crippen LogP contribution in [0.5, 0.6) is 6.01 Å². The number of nitrogens with one attached hydrogen (secondary N) is 1. The maximum atomic E-state index is 9.49. The predicted molar refractivity (Wildman–Crippen MR) is 224 cm³/mol. The molecule has 0 amide bonds. The maximum absolute atomic E-state index is 9.49. The van der Waals surface area contributed by atoms with Crippen molar-refractivity contribution in [2.75, 3.05) is 56.2 Å². The first kappa shape index (κ1) is 37.1. The van der Waals surface area contributed by atoms with Gasteiger partial charge in [-0.05, 0) is 46.8 Å². The number of piperazine rings is 1. The van der Waals surface area contributed by atoms with Crippen molar-refractivity contribution in [3.05, 3.63) is 114 Å². The zero-order valence-electron chi connectivity index (χ0n) is 32.6. The van der Waals surface area contributed by atoms with Crippen molar-refractivity contribution < 1.29 is 9.16 Å². The van der Waals surface area contributed by atoms with Gasteiger partial charge in [0.05, 0.1) is 30.8 Å². The van der Waals surface area contributed by atoms with Crippen LogP contribution in [-0.2, 0) is 17.4 Å². The fourth-order valence-corrected chi connectivity index (χ4v) is 13.8. The Kier molecular flexibility index (Phi) is 10.6. The summed E-state index contributed by atoms with van der Waals surface area (Å²) < 4.78 is 14.2. The Labute approximate surface area is 327 Å². The molecular formula is C45H53N7O2Si. The molecule has 2 saturated heterocycles. The second-order valence-corrected chi connectivity index (χ2v) is 20.7. The fourth-order valence-electron chi connectivity index (χ4n) is 9.09.